The fourth-order valence-electron chi connectivity index (χ4n) is 2.91. The van der Waals surface area contributed by atoms with Crippen LogP contribution in [0.25, 0.3) is 0 Å². The smallest absolute Gasteiger partial charge is 0.289 e. The van der Waals surface area contributed by atoms with Crippen LogP contribution in [0.2, 0.25) is 0 Å². The Morgan fingerprint density at radius 1 is 1.41 bits per heavy atom. The minimum absolute atomic E-state index is 0.0662. The summed E-state index contributed by atoms with van der Waals surface area (Å²) in [5.74, 6) is -0.315. The number of imidazole rings is 1. The predicted molar refractivity (Wildman–Crippen MR) is 85.6 cm³/mol. The van der Waals surface area contributed by atoms with E-state index in [0.717, 1.165) is 23.4 Å². The molecule has 1 unspecified atom stereocenters. The fraction of sp³-hybridized carbons (Fsp3) is 0.375. The van der Waals surface area contributed by atoms with Gasteiger partial charge in [-0.05, 0) is 24.3 Å². The lowest BCUT2D eigenvalue weighted by molar-refractivity contribution is -0.129. The molecule has 1 N–H and O–H groups in total. The molecule has 2 aromatic heterocycles. The molecule has 0 spiro atoms. The number of carbonyl (C=O) groups is 1. The number of aryl methyl sites for hydroxylation is 1. The van der Waals surface area contributed by atoms with Gasteiger partial charge < -0.3 is 14.6 Å². The molecule has 3 rings (SSSR count). The van der Waals surface area contributed by atoms with Crippen LogP contribution in [0.15, 0.2) is 47.6 Å². The SMILES string of the molecule is CCC1=C(O)C(=O)N(CCCn2ccnc2)C1c1cccs1. The molecule has 0 fully saturated rings. The number of nitrogens with zero attached hydrogens (tertiary/aromatic N) is 3. The van der Waals surface area contributed by atoms with Crippen molar-refractivity contribution in [3.05, 3.63) is 52.4 Å². The summed E-state index contributed by atoms with van der Waals surface area (Å²) in [6.45, 7) is 3.41. The molecule has 1 amide bonds. The second-order valence-electron chi connectivity index (χ2n) is 5.30. The van der Waals surface area contributed by atoms with Crippen LogP contribution in [-0.2, 0) is 11.3 Å². The average molecular weight is 317 g/mol. The lowest BCUT2D eigenvalue weighted by Gasteiger charge is -2.25. The molecular formula is C16H19N3O2S. The zero-order valence-corrected chi connectivity index (χ0v) is 13.3. The van der Waals surface area contributed by atoms with E-state index in [0.29, 0.717) is 13.0 Å². The summed E-state index contributed by atoms with van der Waals surface area (Å²) >= 11 is 1.62. The Labute approximate surface area is 133 Å². The maximum absolute atomic E-state index is 12.4. The molecule has 0 aromatic carbocycles. The standard InChI is InChI=1S/C16H19N3O2S/c1-2-12-14(13-5-3-10-22-13)19(16(21)15(12)20)8-4-7-18-9-6-17-11-18/h3,5-6,9-11,14,20H,2,4,7-8H2,1H3. The van der Waals surface area contributed by atoms with Crippen molar-refractivity contribution in [2.75, 3.05) is 6.54 Å². The first-order valence-corrected chi connectivity index (χ1v) is 8.32. The highest BCUT2D eigenvalue weighted by Gasteiger charge is 2.39. The first kappa shape index (κ1) is 14.8. The van der Waals surface area contributed by atoms with Crippen LogP contribution in [0, 0.1) is 0 Å². The Morgan fingerprint density at radius 2 is 2.27 bits per heavy atom. The molecule has 0 saturated heterocycles. The normalized spacial score (nSPS) is 18.5. The van der Waals surface area contributed by atoms with Gasteiger partial charge in [0.2, 0.25) is 0 Å². The van der Waals surface area contributed by atoms with E-state index in [4.69, 9.17) is 0 Å². The molecule has 22 heavy (non-hydrogen) atoms. The number of aromatic nitrogens is 2. The molecule has 116 valence electrons. The topological polar surface area (TPSA) is 58.4 Å². The molecule has 0 bridgehead atoms. The van der Waals surface area contributed by atoms with Crippen LogP contribution in [-0.4, -0.2) is 32.0 Å². The summed E-state index contributed by atoms with van der Waals surface area (Å²) in [5, 5.41) is 12.2. The van der Waals surface area contributed by atoms with E-state index in [-0.39, 0.29) is 17.7 Å². The number of hydrogen-bond donors (Lipinski definition) is 1. The van der Waals surface area contributed by atoms with Crippen molar-refractivity contribution in [3.8, 4) is 0 Å². The Morgan fingerprint density at radius 3 is 2.91 bits per heavy atom. The lowest BCUT2D eigenvalue weighted by atomic mass is 10.0. The van der Waals surface area contributed by atoms with E-state index in [9.17, 15) is 9.90 Å². The van der Waals surface area contributed by atoms with E-state index in [1.807, 2.05) is 35.2 Å². The molecule has 0 radical (unpaired) electrons. The number of rotatable bonds is 6. The van der Waals surface area contributed by atoms with Gasteiger partial charge in [0.15, 0.2) is 5.76 Å². The van der Waals surface area contributed by atoms with Crippen LogP contribution in [0.1, 0.15) is 30.7 Å². The summed E-state index contributed by atoms with van der Waals surface area (Å²) in [7, 11) is 0. The highest BCUT2D eigenvalue weighted by Crippen LogP contribution is 2.40. The maximum atomic E-state index is 12.4. The third kappa shape index (κ3) is 2.66. The second-order valence-corrected chi connectivity index (χ2v) is 6.28. The second kappa shape index (κ2) is 6.36. The van der Waals surface area contributed by atoms with Gasteiger partial charge in [-0.1, -0.05) is 13.0 Å². The fourth-order valence-corrected chi connectivity index (χ4v) is 3.78. The molecule has 3 heterocycles. The zero-order valence-electron chi connectivity index (χ0n) is 12.5. The summed E-state index contributed by atoms with van der Waals surface area (Å²) in [4.78, 5) is 19.3. The van der Waals surface area contributed by atoms with Crippen LogP contribution < -0.4 is 0 Å². The number of aliphatic hydroxyl groups is 1. The molecule has 0 saturated carbocycles. The molecule has 1 aliphatic heterocycles. The van der Waals surface area contributed by atoms with Crippen LogP contribution in [0.3, 0.4) is 0 Å². The number of thiophene rings is 1. The van der Waals surface area contributed by atoms with E-state index in [1.165, 1.54) is 0 Å². The van der Waals surface area contributed by atoms with Crippen molar-refractivity contribution in [3.63, 3.8) is 0 Å². The monoisotopic (exact) mass is 317 g/mol. The third-order valence-electron chi connectivity index (χ3n) is 3.98. The highest BCUT2D eigenvalue weighted by atomic mass is 32.1. The first-order chi connectivity index (χ1) is 10.7. The Balaban J connectivity index is 1.75. The minimum atomic E-state index is -0.249. The predicted octanol–water partition coefficient (Wildman–Crippen LogP) is 3.14. The van der Waals surface area contributed by atoms with Crippen molar-refractivity contribution in [2.24, 2.45) is 0 Å². The number of hydrogen-bond acceptors (Lipinski definition) is 4. The summed E-state index contributed by atoms with van der Waals surface area (Å²) < 4.78 is 1.99. The molecule has 1 atom stereocenters. The van der Waals surface area contributed by atoms with E-state index >= 15 is 0 Å². The maximum Gasteiger partial charge on any atom is 0.289 e. The van der Waals surface area contributed by atoms with Crippen molar-refractivity contribution in [1.29, 1.82) is 0 Å². The third-order valence-corrected chi connectivity index (χ3v) is 4.90. The van der Waals surface area contributed by atoms with Crippen molar-refractivity contribution in [1.82, 2.24) is 14.5 Å². The highest BCUT2D eigenvalue weighted by molar-refractivity contribution is 7.10. The van der Waals surface area contributed by atoms with Gasteiger partial charge in [-0.25, -0.2) is 4.98 Å². The Kier molecular flexibility index (Phi) is 4.29. The Bertz CT molecular complexity index is 662. The van der Waals surface area contributed by atoms with Gasteiger partial charge in [-0.15, -0.1) is 11.3 Å². The summed E-state index contributed by atoms with van der Waals surface area (Å²) in [6.07, 6.45) is 6.94. The van der Waals surface area contributed by atoms with Gasteiger partial charge in [0.25, 0.3) is 5.91 Å². The van der Waals surface area contributed by atoms with E-state index < -0.39 is 0 Å². The van der Waals surface area contributed by atoms with Gasteiger partial charge in [-0.3, -0.25) is 4.79 Å². The van der Waals surface area contributed by atoms with E-state index in [2.05, 4.69) is 4.98 Å². The van der Waals surface area contributed by atoms with Gasteiger partial charge in [0, 0.05) is 35.9 Å². The Hall–Kier alpha value is -2.08. The van der Waals surface area contributed by atoms with Gasteiger partial charge in [0.1, 0.15) is 0 Å². The molecule has 1 aliphatic rings. The average Bonchev–Trinajstić information content (AvgIpc) is 3.24. The first-order valence-electron chi connectivity index (χ1n) is 7.44. The van der Waals surface area contributed by atoms with Gasteiger partial charge >= 0.3 is 0 Å². The molecule has 2 aromatic rings. The molecular weight excluding hydrogens is 298 g/mol. The van der Waals surface area contributed by atoms with Gasteiger partial charge in [0.05, 0.1) is 12.4 Å². The van der Waals surface area contributed by atoms with E-state index in [1.54, 1.807) is 28.8 Å². The minimum Gasteiger partial charge on any atom is -0.503 e. The van der Waals surface area contributed by atoms with Crippen LogP contribution in [0.4, 0.5) is 0 Å². The number of aliphatic hydroxyl groups excluding tert-OH is 1. The zero-order chi connectivity index (χ0) is 15.5. The van der Waals surface area contributed by atoms with Crippen molar-refractivity contribution >= 4 is 17.2 Å². The lowest BCUT2D eigenvalue weighted by Crippen LogP contribution is -2.31. The number of amides is 1. The molecule has 0 aliphatic carbocycles. The van der Waals surface area contributed by atoms with Crippen LogP contribution in [0.5, 0.6) is 0 Å². The summed E-state index contributed by atoms with van der Waals surface area (Å²) in [6, 6.07) is 3.90. The van der Waals surface area contributed by atoms with Crippen molar-refractivity contribution < 1.29 is 9.90 Å². The molecule has 6 heteroatoms. The molecule has 5 nitrogen and oxygen atoms in total. The quantitative estimate of drug-likeness (QED) is 0.890. The van der Waals surface area contributed by atoms with Gasteiger partial charge in [-0.2, -0.15) is 0 Å². The van der Waals surface area contributed by atoms with Crippen molar-refractivity contribution in [2.45, 2.75) is 32.4 Å². The van der Waals surface area contributed by atoms with Crippen LogP contribution >= 0.6 is 11.3 Å². The number of carbonyl (C=O) groups excluding carboxylic acids is 1. The largest absolute Gasteiger partial charge is 0.503 e. The summed E-state index contributed by atoms with van der Waals surface area (Å²) in [5.41, 5.74) is 0.829.